The highest BCUT2D eigenvalue weighted by Crippen LogP contribution is 2.32. The van der Waals surface area contributed by atoms with E-state index in [0.29, 0.717) is 0 Å². The van der Waals surface area contributed by atoms with Crippen molar-refractivity contribution in [3.63, 3.8) is 0 Å². The lowest BCUT2D eigenvalue weighted by Gasteiger charge is -2.08. The summed E-state index contributed by atoms with van der Waals surface area (Å²) in [6.07, 6.45) is 3.10. The van der Waals surface area contributed by atoms with Gasteiger partial charge in [-0.2, -0.15) is 0 Å². The molecule has 5 heteroatoms. The number of hydrogen-bond donors (Lipinski definition) is 0. The highest BCUT2D eigenvalue weighted by molar-refractivity contribution is 9.10. The SMILES string of the molecule is CCCCC1(Br)N=NN=N1. The van der Waals surface area contributed by atoms with E-state index < -0.39 is 4.57 Å². The molecule has 0 aliphatic carbocycles. The van der Waals surface area contributed by atoms with Gasteiger partial charge in [-0.05, 0) is 32.8 Å². The Morgan fingerprint density at radius 2 is 1.90 bits per heavy atom. The van der Waals surface area contributed by atoms with Gasteiger partial charge >= 0.3 is 0 Å². The Morgan fingerprint density at radius 3 is 2.40 bits per heavy atom. The van der Waals surface area contributed by atoms with Crippen LogP contribution in [0.5, 0.6) is 0 Å². The topological polar surface area (TPSA) is 49.4 Å². The average molecular weight is 205 g/mol. The van der Waals surface area contributed by atoms with Crippen molar-refractivity contribution in [1.82, 2.24) is 0 Å². The van der Waals surface area contributed by atoms with Crippen molar-refractivity contribution < 1.29 is 0 Å². The number of alkyl halides is 1. The lowest BCUT2D eigenvalue weighted by molar-refractivity contribution is 0.559. The van der Waals surface area contributed by atoms with Gasteiger partial charge in [0.25, 0.3) is 0 Å². The Bertz CT molecular complexity index is 153. The van der Waals surface area contributed by atoms with Gasteiger partial charge in [0.1, 0.15) is 0 Å². The Labute approximate surface area is 67.9 Å². The van der Waals surface area contributed by atoms with Crippen molar-refractivity contribution in [2.45, 2.75) is 30.8 Å². The molecule has 10 heavy (non-hydrogen) atoms. The summed E-state index contributed by atoms with van der Waals surface area (Å²) in [6, 6.07) is 0. The largest absolute Gasteiger partial charge is 0.248 e. The quantitative estimate of drug-likeness (QED) is 0.502. The third-order valence-corrected chi connectivity index (χ3v) is 2.00. The molecule has 0 spiro atoms. The zero-order valence-corrected chi connectivity index (χ0v) is 7.37. The predicted octanol–water partition coefficient (Wildman–Crippen LogP) is 3.06. The number of halogens is 1. The van der Waals surface area contributed by atoms with Crippen LogP contribution in [0.2, 0.25) is 0 Å². The maximum absolute atomic E-state index is 3.81. The van der Waals surface area contributed by atoms with E-state index >= 15 is 0 Å². The minimum absolute atomic E-state index is 0.525. The van der Waals surface area contributed by atoms with Crippen molar-refractivity contribution in [2.75, 3.05) is 0 Å². The molecule has 0 N–H and O–H groups in total. The van der Waals surface area contributed by atoms with E-state index in [1.54, 1.807) is 0 Å². The van der Waals surface area contributed by atoms with Gasteiger partial charge in [0.2, 0.25) is 4.57 Å². The van der Waals surface area contributed by atoms with Crippen LogP contribution in [0, 0.1) is 0 Å². The molecule has 0 atom stereocenters. The number of nitrogens with zero attached hydrogens (tertiary/aromatic N) is 4. The Morgan fingerprint density at radius 1 is 1.30 bits per heavy atom. The van der Waals surface area contributed by atoms with Gasteiger partial charge in [0.05, 0.1) is 0 Å². The molecule has 1 heterocycles. The van der Waals surface area contributed by atoms with E-state index in [4.69, 9.17) is 0 Å². The maximum Gasteiger partial charge on any atom is 0.248 e. The first-order chi connectivity index (χ1) is 4.77. The van der Waals surface area contributed by atoms with Crippen LogP contribution < -0.4 is 0 Å². The second-order valence-electron chi connectivity index (χ2n) is 2.20. The molecular weight excluding hydrogens is 196 g/mol. The molecule has 0 aromatic heterocycles. The minimum Gasteiger partial charge on any atom is -0.123 e. The summed E-state index contributed by atoms with van der Waals surface area (Å²) < 4.78 is -0.525. The smallest absolute Gasteiger partial charge is 0.123 e. The first kappa shape index (κ1) is 7.78. The van der Waals surface area contributed by atoms with Crippen LogP contribution in [0.3, 0.4) is 0 Å². The van der Waals surface area contributed by atoms with E-state index in [1.165, 1.54) is 0 Å². The van der Waals surface area contributed by atoms with Crippen LogP contribution in [0.4, 0.5) is 0 Å². The highest BCUT2D eigenvalue weighted by Gasteiger charge is 2.27. The zero-order valence-electron chi connectivity index (χ0n) is 5.79. The van der Waals surface area contributed by atoms with Crippen molar-refractivity contribution in [3.8, 4) is 0 Å². The summed E-state index contributed by atoms with van der Waals surface area (Å²) in [4.78, 5) is 0. The molecule has 0 amide bonds. The number of rotatable bonds is 3. The molecule has 1 rings (SSSR count). The van der Waals surface area contributed by atoms with E-state index in [1.807, 2.05) is 0 Å². The van der Waals surface area contributed by atoms with Crippen molar-refractivity contribution in [1.29, 1.82) is 0 Å². The Kier molecular flexibility index (Phi) is 2.48. The second kappa shape index (κ2) is 3.18. The van der Waals surface area contributed by atoms with Crippen molar-refractivity contribution in [2.24, 2.45) is 20.7 Å². The lowest BCUT2D eigenvalue weighted by Crippen LogP contribution is -2.09. The van der Waals surface area contributed by atoms with Gasteiger partial charge in [-0.3, -0.25) is 0 Å². The molecule has 56 valence electrons. The van der Waals surface area contributed by atoms with E-state index in [9.17, 15) is 0 Å². The first-order valence-electron chi connectivity index (χ1n) is 3.30. The average Bonchev–Trinajstić information content (AvgIpc) is 2.33. The van der Waals surface area contributed by atoms with E-state index in [-0.39, 0.29) is 0 Å². The van der Waals surface area contributed by atoms with Gasteiger partial charge in [-0.25, -0.2) is 0 Å². The molecule has 4 nitrogen and oxygen atoms in total. The molecule has 0 radical (unpaired) electrons. The van der Waals surface area contributed by atoms with Crippen LogP contribution in [0.25, 0.3) is 0 Å². The Hall–Kier alpha value is -0.320. The third-order valence-electron chi connectivity index (χ3n) is 1.28. The molecule has 1 aliphatic heterocycles. The number of hydrogen-bond acceptors (Lipinski definition) is 4. The van der Waals surface area contributed by atoms with E-state index in [0.717, 1.165) is 19.3 Å². The first-order valence-corrected chi connectivity index (χ1v) is 4.09. The molecule has 0 saturated heterocycles. The van der Waals surface area contributed by atoms with Gasteiger partial charge in [-0.15, -0.1) is 10.2 Å². The summed E-state index contributed by atoms with van der Waals surface area (Å²) in [5.41, 5.74) is 0. The van der Waals surface area contributed by atoms with Gasteiger partial charge in [0.15, 0.2) is 0 Å². The molecule has 1 aliphatic rings. The van der Waals surface area contributed by atoms with E-state index in [2.05, 4.69) is 43.5 Å². The van der Waals surface area contributed by atoms with Crippen LogP contribution >= 0.6 is 15.9 Å². The molecule has 0 unspecified atom stereocenters. The molecule has 0 aromatic carbocycles. The van der Waals surface area contributed by atoms with Crippen LogP contribution in [0.1, 0.15) is 26.2 Å². The molecule has 0 fully saturated rings. The maximum atomic E-state index is 3.81. The zero-order chi connectivity index (χ0) is 7.45. The molecular formula is C5H9BrN4. The normalized spacial score (nSPS) is 20.2. The van der Waals surface area contributed by atoms with Crippen molar-refractivity contribution >= 4 is 15.9 Å². The summed E-state index contributed by atoms with van der Waals surface area (Å²) in [5.74, 6) is 0. The lowest BCUT2D eigenvalue weighted by atomic mass is 10.2. The van der Waals surface area contributed by atoms with Crippen LogP contribution in [-0.2, 0) is 0 Å². The summed E-state index contributed by atoms with van der Waals surface area (Å²) in [6.45, 7) is 2.12. The minimum atomic E-state index is -0.525. The molecule has 0 saturated carbocycles. The fourth-order valence-electron chi connectivity index (χ4n) is 0.699. The van der Waals surface area contributed by atoms with Crippen molar-refractivity contribution in [3.05, 3.63) is 0 Å². The fourth-order valence-corrected chi connectivity index (χ4v) is 1.12. The third kappa shape index (κ3) is 1.83. The van der Waals surface area contributed by atoms with Crippen LogP contribution in [-0.4, -0.2) is 4.57 Å². The fraction of sp³-hybridized carbons (Fsp3) is 1.00. The van der Waals surface area contributed by atoms with Crippen LogP contribution in [0.15, 0.2) is 20.7 Å². The Balaban J connectivity index is 2.38. The molecule has 0 aromatic rings. The van der Waals surface area contributed by atoms with Gasteiger partial charge < -0.3 is 0 Å². The highest BCUT2D eigenvalue weighted by atomic mass is 79.9. The second-order valence-corrected chi connectivity index (χ2v) is 3.47. The van der Waals surface area contributed by atoms with Gasteiger partial charge in [-0.1, -0.05) is 13.3 Å². The summed E-state index contributed by atoms with van der Waals surface area (Å²) in [5, 5.41) is 14.5. The standard InChI is InChI=1S/C5H9BrN4/c1-2-3-4-5(6)7-9-10-8-5/h2-4H2,1H3. The molecule has 0 bridgehead atoms. The predicted molar refractivity (Wildman–Crippen MR) is 40.9 cm³/mol. The monoisotopic (exact) mass is 204 g/mol. The summed E-state index contributed by atoms with van der Waals surface area (Å²) >= 11 is 3.33. The van der Waals surface area contributed by atoms with Gasteiger partial charge in [0, 0.05) is 6.42 Å². The summed E-state index contributed by atoms with van der Waals surface area (Å²) in [7, 11) is 0. The number of unbranched alkanes of at least 4 members (excludes halogenated alkanes) is 1.